The van der Waals surface area contributed by atoms with E-state index in [0.717, 1.165) is 0 Å². The molecule has 0 aromatic rings. The van der Waals surface area contributed by atoms with E-state index >= 15 is 0 Å². The van der Waals surface area contributed by atoms with Gasteiger partial charge in [-0.1, -0.05) is 127 Å². The Hall–Kier alpha value is 3.22. The minimum absolute atomic E-state index is 0.0633. The highest BCUT2D eigenvalue weighted by atomic mass is 80.0. The van der Waals surface area contributed by atoms with Crippen molar-refractivity contribution in [3.8, 4) is 0 Å². The maximum absolute atomic E-state index is 12.5. The zero-order chi connectivity index (χ0) is 19.5. The van der Waals surface area contributed by atoms with E-state index in [1.54, 1.807) is 0 Å². The van der Waals surface area contributed by atoms with E-state index in [2.05, 4.69) is 159 Å². The fourth-order valence-corrected chi connectivity index (χ4v) is 11.3. The largest absolute Gasteiger partial charge is 0.480 e. The number of carbonyl (C=O) groups is 2. The van der Waals surface area contributed by atoms with E-state index in [0.29, 0.717) is 8.96 Å². The molecule has 2 atom stereocenters. The van der Waals surface area contributed by atoms with Crippen LogP contribution in [0.25, 0.3) is 0 Å². The highest BCUT2D eigenvalue weighted by Gasteiger charge is 2.80. The van der Waals surface area contributed by atoms with Crippen molar-refractivity contribution in [1.29, 1.82) is 0 Å². The summed E-state index contributed by atoms with van der Waals surface area (Å²) in [4.78, 5) is 25.1. The average Bonchev–Trinajstić information content (AvgIpc) is 2.36. The monoisotopic (exact) mass is 975 g/mol. The summed E-state index contributed by atoms with van der Waals surface area (Å²) in [5.41, 5.74) is -4.28. The number of hydrogen-bond acceptors (Lipinski definition) is 2. The molecule has 0 bridgehead atoms. The molecule has 2 N–H and O–H groups in total. The topological polar surface area (TPSA) is 74.6 Å². The van der Waals surface area contributed by atoms with Gasteiger partial charge in [-0.15, -0.1) is 0 Å². The molecule has 0 fully saturated rings. The molecule has 136 valence electrons. The first-order valence-electron chi connectivity index (χ1n) is 5.25. The number of hydrogen-bond donors (Lipinski definition) is 2. The van der Waals surface area contributed by atoms with E-state index in [-0.39, 0.29) is 8.96 Å². The predicted molar refractivity (Wildman–Crippen MR) is 129 cm³/mol. The summed E-state index contributed by atoms with van der Waals surface area (Å²) < 4.78 is -2.37. The molecule has 0 aromatic carbocycles. The van der Waals surface area contributed by atoms with E-state index < -0.39 is 27.1 Å². The molecule has 0 spiro atoms. The maximum atomic E-state index is 12.5. The molecule has 4 nitrogen and oxygen atoms in total. The lowest BCUT2D eigenvalue weighted by Gasteiger charge is -2.54. The molecule has 0 aromatic heterocycles. The third-order valence-corrected chi connectivity index (χ3v) is 12.0. The van der Waals surface area contributed by atoms with Crippen molar-refractivity contribution < 1.29 is 19.8 Å². The molecular formula is C10H2Br10O4. The summed E-state index contributed by atoms with van der Waals surface area (Å²) in [5.74, 6) is -2.86. The molecule has 1 aliphatic carbocycles. The van der Waals surface area contributed by atoms with Crippen LogP contribution in [0.15, 0.2) is 17.9 Å². The summed E-state index contributed by atoms with van der Waals surface area (Å²) in [6, 6.07) is 0. The Morgan fingerprint density at radius 1 is 0.667 bits per heavy atom. The van der Waals surface area contributed by atoms with Gasteiger partial charge in [0.05, 0.1) is 0 Å². The van der Waals surface area contributed by atoms with Gasteiger partial charge in [-0.2, -0.15) is 0 Å². The molecule has 2 unspecified atom stereocenters. The Balaban J connectivity index is 4.37. The Bertz CT molecular complexity index is 614. The Labute approximate surface area is 220 Å². The Morgan fingerprint density at radius 3 is 1.00 bits per heavy atom. The molecule has 0 aliphatic heterocycles. The van der Waals surface area contributed by atoms with Crippen molar-refractivity contribution >= 4 is 171 Å². The van der Waals surface area contributed by atoms with E-state index in [9.17, 15) is 19.8 Å². The van der Waals surface area contributed by atoms with Crippen LogP contribution in [0, 0.1) is 10.8 Å². The van der Waals surface area contributed by atoms with Gasteiger partial charge in [0.1, 0.15) is 0 Å². The normalized spacial score (nSPS) is 29.1. The van der Waals surface area contributed by atoms with Crippen molar-refractivity contribution in [2.24, 2.45) is 10.8 Å². The second-order valence-corrected chi connectivity index (χ2v) is 21.1. The number of allylic oxidation sites excluding steroid dienone is 2. The molecule has 0 radical (unpaired) electrons. The van der Waals surface area contributed by atoms with Crippen molar-refractivity contribution in [3.05, 3.63) is 17.9 Å². The third-order valence-electron chi connectivity index (χ3n) is 3.29. The lowest BCUT2D eigenvalue weighted by atomic mass is 9.62. The quantitative estimate of drug-likeness (QED) is 0.277. The lowest BCUT2D eigenvalue weighted by molar-refractivity contribution is -0.164. The van der Waals surface area contributed by atoms with Crippen molar-refractivity contribution in [2.45, 2.75) is 4.29 Å². The summed E-state index contributed by atoms with van der Waals surface area (Å²) in [6.45, 7) is 0. The fourth-order valence-electron chi connectivity index (χ4n) is 2.28. The fraction of sp³-hybridized carbons (Fsp3) is 0.400. The first-order chi connectivity index (χ1) is 10.5. The van der Waals surface area contributed by atoms with Crippen molar-refractivity contribution in [2.75, 3.05) is 0 Å². The van der Waals surface area contributed by atoms with Gasteiger partial charge in [-0.25, -0.2) is 0 Å². The maximum Gasteiger partial charge on any atom is 0.319 e. The summed E-state index contributed by atoms with van der Waals surface area (Å²) in [5, 5.41) is 20.4. The number of alkyl halides is 6. The number of aliphatic carboxylic acids is 2. The van der Waals surface area contributed by atoms with Crippen LogP contribution in [0.2, 0.25) is 0 Å². The van der Waals surface area contributed by atoms with Crippen LogP contribution in [0.5, 0.6) is 0 Å². The number of carboxylic acids is 2. The van der Waals surface area contributed by atoms with Gasteiger partial charge >= 0.3 is 11.9 Å². The van der Waals surface area contributed by atoms with Gasteiger partial charge in [0, 0.05) is 17.9 Å². The van der Waals surface area contributed by atoms with E-state index in [4.69, 9.17) is 0 Å². The molecule has 0 heterocycles. The standard InChI is InChI=1S/C10H2Br10O4/c11-1-2(12)4(14)8(6(23)24,10(18,19)20)7(3(1)13,5(21)22)9(15,16)17/h(H,21,22)(H,23,24). The Kier molecular flexibility index (Phi) is 8.58. The summed E-state index contributed by atoms with van der Waals surface area (Å²) in [6.07, 6.45) is 0. The zero-order valence-corrected chi connectivity index (χ0v) is 26.4. The van der Waals surface area contributed by atoms with Gasteiger partial charge < -0.3 is 10.2 Å². The van der Waals surface area contributed by atoms with Crippen LogP contribution in [-0.4, -0.2) is 26.4 Å². The number of halogens is 10. The Morgan fingerprint density at radius 2 is 0.875 bits per heavy atom. The van der Waals surface area contributed by atoms with Crippen LogP contribution >= 0.6 is 159 Å². The lowest BCUT2D eigenvalue weighted by Crippen LogP contribution is -2.65. The van der Waals surface area contributed by atoms with Crippen molar-refractivity contribution in [3.63, 3.8) is 0 Å². The molecule has 0 amide bonds. The van der Waals surface area contributed by atoms with E-state index in [1.807, 2.05) is 0 Å². The zero-order valence-electron chi connectivity index (χ0n) is 10.5. The molecule has 14 heteroatoms. The molecule has 0 saturated carbocycles. The van der Waals surface area contributed by atoms with Crippen molar-refractivity contribution in [1.82, 2.24) is 0 Å². The van der Waals surface area contributed by atoms with Gasteiger partial charge in [0.15, 0.2) is 15.1 Å². The summed E-state index contributed by atoms with van der Waals surface area (Å²) >= 11 is 32.5. The predicted octanol–water partition coefficient (Wildman–Crippen LogP) is 7.82. The SMILES string of the molecule is O=C(O)C1(C(Br)(Br)Br)C(Br)=C(Br)C(Br)=C(Br)C1(C(=O)O)C(Br)(Br)Br. The molecule has 1 aliphatic rings. The number of carboxylic acid groups (broad SMARTS) is 2. The smallest absolute Gasteiger partial charge is 0.319 e. The van der Waals surface area contributed by atoms with E-state index in [1.165, 1.54) is 0 Å². The molecule has 24 heavy (non-hydrogen) atoms. The van der Waals surface area contributed by atoms with Crippen LogP contribution in [0.1, 0.15) is 0 Å². The molecule has 0 saturated heterocycles. The van der Waals surface area contributed by atoms with Crippen LogP contribution in [0.4, 0.5) is 0 Å². The average molecular weight is 985 g/mol. The first-order valence-corrected chi connectivity index (χ1v) is 13.2. The van der Waals surface area contributed by atoms with Gasteiger partial charge in [-0.3, -0.25) is 9.59 Å². The highest BCUT2D eigenvalue weighted by molar-refractivity contribution is 9.40. The third kappa shape index (κ3) is 3.37. The van der Waals surface area contributed by atoms with Crippen LogP contribution in [-0.2, 0) is 9.59 Å². The first kappa shape index (κ1) is 25.3. The van der Waals surface area contributed by atoms with Gasteiger partial charge in [0.25, 0.3) is 0 Å². The molecule has 1 rings (SSSR count). The van der Waals surface area contributed by atoms with Gasteiger partial charge in [-0.05, 0) is 31.9 Å². The van der Waals surface area contributed by atoms with Crippen LogP contribution in [0.3, 0.4) is 0 Å². The van der Waals surface area contributed by atoms with Crippen LogP contribution < -0.4 is 0 Å². The minimum Gasteiger partial charge on any atom is -0.480 e. The summed E-state index contributed by atoms with van der Waals surface area (Å²) in [7, 11) is 0. The second kappa shape index (κ2) is 8.16. The van der Waals surface area contributed by atoms with Gasteiger partial charge in [0.2, 0.25) is 0 Å². The second-order valence-electron chi connectivity index (χ2n) is 4.36. The molecular weight excluding hydrogens is 983 g/mol. The number of rotatable bonds is 2. The minimum atomic E-state index is -2.14. The highest BCUT2D eigenvalue weighted by Crippen LogP contribution is 2.76.